The zero-order valence-corrected chi connectivity index (χ0v) is 20.2. The van der Waals surface area contributed by atoms with E-state index in [4.69, 9.17) is 4.98 Å². The maximum absolute atomic E-state index is 4.70. The van der Waals surface area contributed by atoms with Crippen LogP contribution in [0.25, 0.3) is 38.9 Å². The molecule has 36 heavy (non-hydrogen) atoms. The fourth-order valence-corrected chi connectivity index (χ4v) is 5.32. The molecule has 0 aliphatic heterocycles. The molecule has 7 rings (SSSR count). The summed E-state index contributed by atoms with van der Waals surface area (Å²) >= 11 is 0. The number of aromatic nitrogens is 9. The van der Waals surface area contributed by atoms with Gasteiger partial charge in [-0.2, -0.15) is 15.3 Å². The number of fused-ring (bicyclic) bond motifs is 2. The predicted octanol–water partition coefficient (Wildman–Crippen LogP) is 4.90. The van der Waals surface area contributed by atoms with Crippen LogP contribution in [-0.4, -0.2) is 43.7 Å². The molecule has 0 N–H and O–H groups in total. The molecule has 1 saturated carbocycles. The molecule has 0 bridgehead atoms. The summed E-state index contributed by atoms with van der Waals surface area (Å²) in [6, 6.07) is 6.80. The Labute approximate surface area is 208 Å². The second-order valence-corrected chi connectivity index (χ2v) is 9.73. The predicted molar refractivity (Wildman–Crippen MR) is 137 cm³/mol. The summed E-state index contributed by atoms with van der Waals surface area (Å²) in [4.78, 5) is 9.30. The molecule has 0 saturated heterocycles. The highest BCUT2D eigenvalue weighted by atomic mass is 15.3. The molecule has 0 aromatic carbocycles. The first-order valence-corrected chi connectivity index (χ1v) is 12.5. The Kier molecular flexibility index (Phi) is 4.93. The first-order valence-electron chi connectivity index (χ1n) is 12.5. The summed E-state index contributed by atoms with van der Waals surface area (Å²) in [7, 11) is 1.93. The fraction of sp³-hybridized carbons (Fsp3) is 0.296. The van der Waals surface area contributed by atoms with Crippen molar-refractivity contribution in [1.82, 2.24) is 43.7 Å². The summed E-state index contributed by atoms with van der Waals surface area (Å²) in [6.07, 6.45) is 22.2. The van der Waals surface area contributed by atoms with E-state index in [-0.39, 0.29) is 0 Å². The second-order valence-electron chi connectivity index (χ2n) is 9.73. The van der Waals surface area contributed by atoms with E-state index >= 15 is 0 Å². The van der Waals surface area contributed by atoms with E-state index < -0.39 is 0 Å². The van der Waals surface area contributed by atoms with E-state index in [2.05, 4.69) is 53.9 Å². The average Bonchev–Trinajstić information content (AvgIpc) is 3.72. The lowest BCUT2D eigenvalue weighted by atomic mass is 9.96. The van der Waals surface area contributed by atoms with Crippen LogP contribution in [0.1, 0.15) is 43.8 Å². The highest BCUT2D eigenvalue weighted by Gasteiger charge is 2.17. The molecule has 0 spiro atoms. The minimum Gasteiger partial charge on any atom is -0.302 e. The van der Waals surface area contributed by atoms with Gasteiger partial charge in [-0.3, -0.25) is 19.0 Å². The van der Waals surface area contributed by atoms with Crippen molar-refractivity contribution in [1.29, 1.82) is 0 Å². The smallest absolute Gasteiger partial charge is 0.136 e. The first-order chi connectivity index (χ1) is 17.7. The first kappa shape index (κ1) is 21.0. The monoisotopic (exact) mass is 477 g/mol. The normalized spacial score (nSPS) is 14.8. The maximum Gasteiger partial charge on any atom is 0.136 e. The largest absolute Gasteiger partial charge is 0.302 e. The highest BCUT2D eigenvalue weighted by Crippen LogP contribution is 2.30. The molecule has 9 nitrogen and oxygen atoms in total. The van der Waals surface area contributed by atoms with E-state index in [0.717, 1.165) is 44.6 Å². The summed E-state index contributed by atoms with van der Waals surface area (Å²) in [5.74, 6) is 0. The van der Waals surface area contributed by atoms with E-state index in [1.807, 2.05) is 59.7 Å². The van der Waals surface area contributed by atoms with Crippen molar-refractivity contribution >= 4 is 16.7 Å². The van der Waals surface area contributed by atoms with Crippen molar-refractivity contribution in [3.63, 3.8) is 0 Å². The Morgan fingerprint density at radius 2 is 1.64 bits per heavy atom. The molecule has 6 aromatic heterocycles. The number of hydrogen-bond acceptors (Lipinski definition) is 5. The summed E-state index contributed by atoms with van der Waals surface area (Å²) < 4.78 is 8.08. The van der Waals surface area contributed by atoms with E-state index in [9.17, 15) is 0 Å². The Bertz CT molecular complexity index is 1680. The molecular weight excluding hydrogens is 450 g/mol. The number of rotatable bonds is 5. The van der Waals surface area contributed by atoms with Gasteiger partial charge in [-0.15, -0.1) is 0 Å². The number of pyridine rings is 2. The Morgan fingerprint density at radius 1 is 0.778 bits per heavy atom. The summed E-state index contributed by atoms with van der Waals surface area (Å²) in [5.41, 5.74) is 8.16. The molecular formula is C27H27N9. The van der Waals surface area contributed by atoms with Gasteiger partial charge >= 0.3 is 0 Å². The van der Waals surface area contributed by atoms with Crippen LogP contribution in [0.15, 0.2) is 67.8 Å². The van der Waals surface area contributed by atoms with Crippen LogP contribution in [0.2, 0.25) is 0 Å². The minimum absolute atomic E-state index is 0.515. The van der Waals surface area contributed by atoms with Crippen LogP contribution < -0.4 is 0 Å². The standard InChI is InChI=1S/C27H27N9/c1-33-15-21(11-30-33)19-7-8-27-29-13-24(34(27)16-19)18-36-26-9-20(10-28-25(26)14-32-36)22-12-31-35(17-22)23-5-3-2-4-6-23/h7-17,23H,2-6,18H2,1H3. The average molecular weight is 478 g/mol. The van der Waals surface area contributed by atoms with Crippen LogP contribution >= 0.6 is 0 Å². The van der Waals surface area contributed by atoms with Gasteiger partial charge in [-0.1, -0.05) is 19.3 Å². The van der Waals surface area contributed by atoms with Gasteiger partial charge in [0, 0.05) is 54.1 Å². The third-order valence-corrected chi connectivity index (χ3v) is 7.31. The molecule has 0 amide bonds. The number of hydrogen-bond donors (Lipinski definition) is 0. The van der Waals surface area contributed by atoms with Gasteiger partial charge in [-0.05, 0) is 31.0 Å². The zero-order chi connectivity index (χ0) is 24.1. The van der Waals surface area contributed by atoms with Crippen molar-refractivity contribution in [3.8, 4) is 22.3 Å². The van der Waals surface area contributed by atoms with Crippen LogP contribution in [0, 0.1) is 0 Å². The molecule has 6 heterocycles. The number of imidazole rings is 1. The molecule has 0 atom stereocenters. The lowest BCUT2D eigenvalue weighted by molar-refractivity contribution is 0.329. The van der Waals surface area contributed by atoms with Crippen molar-refractivity contribution in [3.05, 3.63) is 73.5 Å². The lowest BCUT2D eigenvalue weighted by Gasteiger charge is -2.21. The molecule has 1 aliphatic carbocycles. The van der Waals surface area contributed by atoms with E-state index in [0.29, 0.717) is 12.6 Å². The van der Waals surface area contributed by atoms with Crippen molar-refractivity contribution in [2.75, 3.05) is 0 Å². The second kappa shape index (κ2) is 8.44. The number of nitrogens with zero attached hydrogens (tertiary/aromatic N) is 9. The topological polar surface area (TPSA) is 83.6 Å². The number of aryl methyl sites for hydroxylation is 1. The lowest BCUT2D eigenvalue weighted by Crippen LogP contribution is -2.12. The van der Waals surface area contributed by atoms with E-state index in [1.165, 1.54) is 32.1 Å². The zero-order valence-electron chi connectivity index (χ0n) is 20.2. The SMILES string of the molecule is Cn1cc(-c2ccc3ncc(Cn4ncc5ncc(-c6cnn(C7CCCCC7)c6)cc54)n3c2)cn1. The molecule has 9 heteroatoms. The van der Waals surface area contributed by atoms with Gasteiger partial charge in [0.2, 0.25) is 0 Å². The van der Waals surface area contributed by atoms with E-state index in [1.54, 1.807) is 0 Å². The van der Waals surface area contributed by atoms with Gasteiger partial charge in [0.1, 0.15) is 11.2 Å². The van der Waals surface area contributed by atoms with Crippen LogP contribution in [-0.2, 0) is 13.6 Å². The van der Waals surface area contributed by atoms with Crippen LogP contribution in [0.3, 0.4) is 0 Å². The van der Waals surface area contributed by atoms with Crippen molar-refractivity contribution in [2.45, 2.75) is 44.7 Å². The van der Waals surface area contributed by atoms with Gasteiger partial charge in [-0.25, -0.2) is 4.98 Å². The Morgan fingerprint density at radius 3 is 2.50 bits per heavy atom. The third kappa shape index (κ3) is 3.67. The Hall–Kier alpha value is -4.27. The van der Waals surface area contributed by atoms with Gasteiger partial charge in [0.05, 0.1) is 48.6 Å². The molecule has 0 unspecified atom stereocenters. The van der Waals surface area contributed by atoms with Crippen LogP contribution in [0.4, 0.5) is 0 Å². The van der Waals surface area contributed by atoms with Crippen molar-refractivity contribution in [2.24, 2.45) is 7.05 Å². The molecule has 1 aliphatic rings. The summed E-state index contributed by atoms with van der Waals surface area (Å²) in [6.45, 7) is 0.591. The Balaban J connectivity index is 1.21. The molecule has 180 valence electrons. The van der Waals surface area contributed by atoms with Gasteiger partial charge in [0.25, 0.3) is 0 Å². The van der Waals surface area contributed by atoms with Crippen molar-refractivity contribution < 1.29 is 0 Å². The molecule has 0 radical (unpaired) electrons. The maximum atomic E-state index is 4.70. The van der Waals surface area contributed by atoms with Gasteiger partial charge < -0.3 is 4.40 Å². The third-order valence-electron chi connectivity index (χ3n) is 7.31. The minimum atomic E-state index is 0.515. The summed E-state index contributed by atoms with van der Waals surface area (Å²) in [5, 5.41) is 13.6. The fourth-order valence-electron chi connectivity index (χ4n) is 5.32. The quantitative estimate of drug-likeness (QED) is 0.353. The molecule has 6 aromatic rings. The highest BCUT2D eigenvalue weighted by molar-refractivity contribution is 5.80. The molecule has 1 fully saturated rings. The van der Waals surface area contributed by atoms with Gasteiger partial charge in [0.15, 0.2) is 0 Å². The van der Waals surface area contributed by atoms with Crippen LogP contribution in [0.5, 0.6) is 0 Å².